The highest BCUT2D eigenvalue weighted by Gasteiger charge is 2.34. The minimum Gasteiger partial charge on any atom is -0.482 e. The second-order valence-corrected chi connectivity index (χ2v) is 4.93. The summed E-state index contributed by atoms with van der Waals surface area (Å²) in [7, 11) is 0. The van der Waals surface area contributed by atoms with Crippen molar-refractivity contribution < 1.29 is 23.0 Å². The smallest absolute Gasteiger partial charge is 0.269 e. The van der Waals surface area contributed by atoms with Gasteiger partial charge < -0.3 is 14.8 Å². The van der Waals surface area contributed by atoms with E-state index in [0.717, 1.165) is 12.1 Å². The molecular weight excluding hydrogens is 292 g/mol. The molecular formula is C16H13F2NO3. The molecule has 2 aromatic rings. The summed E-state index contributed by atoms with van der Waals surface area (Å²) in [5.41, 5.74) is 0.151. The molecule has 2 unspecified atom stereocenters. The Morgan fingerprint density at radius 2 is 1.73 bits per heavy atom. The Morgan fingerprint density at radius 3 is 2.41 bits per heavy atom. The lowest BCUT2D eigenvalue weighted by atomic mass is 10.1. The van der Waals surface area contributed by atoms with Crippen LogP contribution in [-0.2, 0) is 4.79 Å². The van der Waals surface area contributed by atoms with Crippen molar-refractivity contribution >= 4 is 11.6 Å². The molecule has 2 aromatic carbocycles. The number of halogens is 2. The van der Waals surface area contributed by atoms with Gasteiger partial charge in [-0.25, -0.2) is 8.78 Å². The maximum Gasteiger partial charge on any atom is 0.269 e. The zero-order valence-corrected chi connectivity index (χ0v) is 11.7. The van der Waals surface area contributed by atoms with E-state index in [-0.39, 0.29) is 5.69 Å². The lowest BCUT2D eigenvalue weighted by Crippen LogP contribution is -2.46. The second kappa shape index (κ2) is 5.63. The molecule has 1 aliphatic rings. The van der Waals surface area contributed by atoms with Gasteiger partial charge in [-0.1, -0.05) is 12.1 Å². The van der Waals surface area contributed by atoms with Crippen LogP contribution < -0.4 is 14.8 Å². The normalized spacial score (nSPS) is 19.6. The number of benzene rings is 2. The van der Waals surface area contributed by atoms with Crippen molar-refractivity contribution in [3.05, 3.63) is 54.1 Å². The maximum absolute atomic E-state index is 13.2. The number of fused-ring (bicyclic) bond motifs is 1. The maximum atomic E-state index is 13.2. The van der Waals surface area contributed by atoms with E-state index in [0.29, 0.717) is 11.5 Å². The van der Waals surface area contributed by atoms with Crippen molar-refractivity contribution in [2.75, 3.05) is 5.32 Å². The third-order valence-corrected chi connectivity index (χ3v) is 3.29. The molecule has 0 aliphatic carbocycles. The first-order valence-electron chi connectivity index (χ1n) is 6.73. The Labute approximate surface area is 125 Å². The largest absolute Gasteiger partial charge is 0.482 e. The molecule has 22 heavy (non-hydrogen) atoms. The van der Waals surface area contributed by atoms with Crippen molar-refractivity contribution in [3.63, 3.8) is 0 Å². The number of rotatable bonds is 2. The first-order valence-corrected chi connectivity index (χ1v) is 6.73. The summed E-state index contributed by atoms with van der Waals surface area (Å²) < 4.78 is 37.3. The standard InChI is InChI=1S/C16H13F2NO3/c1-9-15(22-14-5-3-2-4-13(14)21-9)16(20)19-10-6-7-11(17)12(18)8-10/h2-9,15H,1H3,(H,19,20). The van der Waals surface area contributed by atoms with Gasteiger partial charge in [0, 0.05) is 11.8 Å². The van der Waals surface area contributed by atoms with Crippen LogP contribution in [0.3, 0.4) is 0 Å². The number of carbonyl (C=O) groups is 1. The highest BCUT2D eigenvalue weighted by Crippen LogP contribution is 2.33. The molecule has 4 nitrogen and oxygen atoms in total. The van der Waals surface area contributed by atoms with Crippen molar-refractivity contribution in [2.45, 2.75) is 19.1 Å². The van der Waals surface area contributed by atoms with Crippen molar-refractivity contribution in [1.29, 1.82) is 0 Å². The van der Waals surface area contributed by atoms with Gasteiger partial charge in [0.25, 0.3) is 5.91 Å². The number of hydrogen-bond acceptors (Lipinski definition) is 3. The Hall–Kier alpha value is -2.63. The Kier molecular flexibility index (Phi) is 3.66. The predicted molar refractivity (Wildman–Crippen MR) is 75.9 cm³/mol. The molecule has 1 heterocycles. The summed E-state index contributed by atoms with van der Waals surface area (Å²) in [5, 5.41) is 2.49. The van der Waals surface area contributed by atoms with Gasteiger partial charge in [0.05, 0.1) is 0 Å². The summed E-state index contributed by atoms with van der Waals surface area (Å²) in [4.78, 5) is 12.3. The Bertz CT molecular complexity index is 720. The third-order valence-electron chi connectivity index (χ3n) is 3.29. The van der Waals surface area contributed by atoms with E-state index in [1.165, 1.54) is 6.07 Å². The molecule has 1 N–H and O–H groups in total. The van der Waals surface area contributed by atoms with Crippen LogP contribution in [0, 0.1) is 11.6 Å². The molecule has 1 amide bonds. The van der Waals surface area contributed by atoms with Gasteiger partial charge in [-0.2, -0.15) is 0 Å². The lowest BCUT2D eigenvalue weighted by Gasteiger charge is -2.31. The van der Waals surface area contributed by atoms with Gasteiger partial charge >= 0.3 is 0 Å². The molecule has 1 aliphatic heterocycles. The monoisotopic (exact) mass is 305 g/mol. The van der Waals surface area contributed by atoms with Crippen LogP contribution in [0.25, 0.3) is 0 Å². The van der Waals surface area contributed by atoms with E-state index < -0.39 is 29.7 Å². The zero-order valence-electron chi connectivity index (χ0n) is 11.7. The molecule has 2 atom stereocenters. The number of hydrogen-bond donors (Lipinski definition) is 1. The lowest BCUT2D eigenvalue weighted by molar-refractivity contribution is -0.128. The van der Waals surface area contributed by atoms with E-state index in [1.807, 2.05) is 0 Å². The number of amides is 1. The number of nitrogens with one attached hydrogen (secondary N) is 1. The van der Waals surface area contributed by atoms with E-state index in [2.05, 4.69) is 5.32 Å². The number of carbonyl (C=O) groups excluding carboxylic acids is 1. The quantitative estimate of drug-likeness (QED) is 0.927. The number of ether oxygens (including phenoxy) is 2. The van der Waals surface area contributed by atoms with Crippen LogP contribution in [0.5, 0.6) is 11.5 Å². The zero-order chi connectivity index (χ0) is 15.7. The highest BCUT2D eigenvalue weighted by molar-refractivity contribution is 5.95. The van der Waals surface area contributed by atoms with E-state index in [1.54, 1.807) is 31.2 Å². The molecule has 0 spiro atoms. The molecule has 0 aromatic heterocycles. The van der Waals surface area contributed by atoms with Crippen molar-refractivity contribution in [3.8, 4) is 11.5 Å². The first-order chi connectivity index (χ1) is 10.5. The van der Waals surface area contributed by atoms with Gasteiger partial charge in [-0.15, -0.1) is 0 Å². The summed E-state index contributed by atoms with van der Waals surface area (Å²) in [6.07, 6.45) is -1.40. The minimum absolute atomic E-state index is 0.151. The molecule has 0 fully saturated rings. The highest BCUT2D eigenvalue weighted by atomic mass is 19.2. The summed E-state index contributed by atoms with van der Waals surface area (Å²) >= 11 is 0. The average molecular weight is 305 g/mol. The van der Waals surface area contributed by atoms with Crippen molar-refractivity contribution in [2.24, 2.45) is 0 Å². The van der Waals surface area contributed by atoms with Crippen LogP contribution in [0.2, 0.25) is 0 Å². The van der Waals surface area contributed by atoms with E-state index in [9.17, 15) is 13.6 Å². The van der Waals surface area contributed by atoms with E-state index in [4.69, 9.17) is 9.47 Å². The summed E-state index contributed by atoms with van der Waals surface area (Å²) in [6.45, 7) is 1.70. The van der Waals surface area contributed by atoms with Crippen LogP contribution in [-0.4, -0.2) is 18.1 Å². The van der Waals surface area contributed by atoms with Crippen molar-refractivity contribution in [1.82, 2.24) is 0 Å². The predicted octanol–water partition coefficient (Wildman–Crippen LogP) is 3.13. The molecule has 6 heteroatoms. The second-order valence-electron chi connectivity index (χ2n) is 4.93. The van der Waals surface area contributed by atoms with Gasteiger partial charge in [-0.05, 0) is 31.2 Å². The molecule has 0 bridgehead atoms. The number of anilines is 1. The van der Waals surface area contributed by atoms with Crippen LogP contribution in [0.1, 0.15) is 6.92 Å². The van der Waals surface area contributed by atoms with Gasteiger partial charge in [0.15, 0.2) is 23.1 Å². The molecule has 0 radical (unpaired) electrons. The topological polar surface area (TPSA) is 47.6 Å². The first kappa shape index (κ1) is 14.3. The fourth-order valence-electron chi connectivity index (χ4n) is 2.19. The fourth-order valence-corrected chi connectivity index (χ4v) is 2.19. The third kappa shape index (κ3) is 2.72. The summed E-state index contributed by atoms with van der Waals surface area (Å²) in [5.74, 6) is -1.47. The average Bonchev–Trinajstić information content (AvgIpc) is 2.50. The van der Waals surface area contributed by atoms with Gasteiger partial charge in [0.1, 0.15) is 6.10 Å². The van der Waals surface area contributed by atoms with E-state index >= 15 is 0 Å². The van der Waals surface area contributed by atoms with Gasteiger partial charge in [0.2, 0.25) is 6.10 Å². The Balaban J connectivity index is 1.76. The van der Waals surface area contributed by atoms with Crippen LogP contribution >= 0.6 is 0 Å². The van der Waals surface area contributed by atoms with Crippen LogP contribution in [0.15, 0.2) is 42.5 Å². The van der Waals surface area contributed by atoms with Gasteiger partial charge in [-0.3, -0.25) is 4.79 Å². The molecule has 3 rings (SSSR count). The number of para-hydroxylation sites is 2. The SMILES string of the molecule is CC1Oc2ccccc2OC1C(=O)Nc1ccc(F)c(F)c1. The minimum atomic E-state index is -1.03. The van der Waals surface area contributed by atoms with Crippen LogP contribution in [0.4, 0.5) is 14.5 Å². The molecule has 114 valence electrons. The molecule has 0 saturated heterocycles. The summed E-state index contributed by atoms with van der Waals surface area (Å²) in [6, 6.07) is 10.1. The fraction of sp³-hybridized carbons (Fsp3) is 0.188. The Morgan fingerprint density at radius 1 is 1.05 bits per heavy atom. The molecule has 0 saturated carbocycles.